The first-order valence-electron chi connectivity index (χ1n) is 25.1. The predicted molar refractivity (Wildman–Crippen MR) is 243 cm³/mol. The Morgan fingerprint density at radius 1 is 0.424 bits per heavy atom. The molecule has 0 aromatic heterocycles. The van der Waals surface area contributed by atoms with E-state index in [0.717, 1.165) is 83.6 Å². The Kier molecular flexibility index (Phi) is 41.0. The highest BCUT2D eigenvalue weighted by atomic mass is 16.6. The molecule has 0 saturated heterocycles. The van der Waals surface area contributed by atoms with Gasteiger partial charge in [0.15, 0.2) is 0 Å². The molecule has 0 heterocycles. The van der Waals surface area contributed by atoms with Crippen LogP contribution in [0.1, 0.15) is 240 Å². The molecule has 0 aromatic rings. The lowest BCUT2D eigenvalue weighted by molar-refractivity contribution is -0.160. The second-order valence-electron chi connectivity index (χ2n) is 17.3. The van der Waals surface area contributed by atoms with E-state index in [0.29, 0.717) is 32.6 Å². The molecule has 0 aliphatic rings. The molecule has 59 heavy (non-hydrogen) atoms. The van der Waals surface area contributed by atoms with E-state index < -0.39 is 6.10 Å². The van der Waals surface area contributed by atoms with Crippen LogP contribution in [0.2, 0.25) is 0 Å². The van der Waals surface area contributed by atoms with E-state index in [4.69, 9.17) is 18.9 Å². The second-order valence-corrected chi connectivity index (χ2v) is 17.3. The molecule has 9 heteroatoms. The predicted octanol–water partition coefficient (Wildman–Crippen LogP) is 13.3. The zero-order chi connectivity index (χ0) is 43.6. The van der Waals surface area contributed by atoms with Crippen molar-refractivity contribution in [3.05, 3.63) is 0 Å². The third kappa shape index (κ3) is 36.2. The van der Waals surface area contributed by atoms with Crippen LogP contribution in [-0.4, -0.2) is 74.8 Å². The molecule has 0 fully saturated rings. The fourth-order valence-electron chi connectivity index (χ4n) is 7.52. The molecule has 0 N–H and O–H groups in total. The number of hydrogen-bond acceptors (Lipinski definition) is 9. The van der Waals surface area contributed by atoms with Crippen LogP contribution in [-0.2, 0) is 38.1 Å². The van der Waals surface area contributed by atoms with Gasteiger partial charge in [-0.1, -0.05) is 163 Å². The fraction of sp³-hybridized carbons (Fsp3) is 0.920. The molecule has 0 aliphatic heterocycles. The van der Waals surface area contributed by atoms with Crippen molar-refractivity contribution in [2.75, 3.05) is 40.0 Å². The average molecular weight is 838 g/mol. The van der Waals surface area contributed by atoms with Gasteiger partial charge in [0.25, 0.3) is 0 Å². The molecule has 0 amide bonds. The smallest absolute Gasteiger partial charge is 0.308 e. The molecular formula is C50H95NO8. The minimum atomic E-state index is -0.538. The maximum atomic E-state index is 12.9. The van der Waals surface area contributed by atoms with E-state index in [1.54, 1.807) is 0 Å². The summed E-state index contributed by atoms with van der Waals surface area (Å²) in [6.07, 6.45) is 32.0. The summed E-state index contributed by atoms with van der Waals surface area (Å²) in [7, 11) is 1.95. The Balaban J connectivity index is 4.50. The van der Waals surface area contributed by atoms with Gasteiger partial charge < -0.3 is 23.8 Å². The van der Waals surface area contributed by atoms with Gasteiger partial charge in [-0.05, 0) is 77.8 Å². The quantitative estimate of drug-likeness (QED) is 0.0337. The summed E-state index contributed by atoms with van der Waals surface area (Å²) < 4.78 is 22.7. The molecule has 0 aliphatic carbocycles. The largest absolute Gasteiger partial charge is 0.465 e. The highest BCUT2D eigenvalue weighted by Crippen LogP contribution is 2.22. The molecule has 0 aromatic carbocycles. The van der Waals surface area contributed by atoms with Crippen LogP contribution in [0.25, 0.3) is 0 Å². The lowest BCUT2D eigenvalue weighted by Gasteiger charge is -2.23. The number of ether oxygens (including phenoxy) is 4. The normalized spacial score (nSPS) is 12.9. The van der Waals surface area contributed by atoms with E-state index in [1.807, 2.05) is 18.9 Å². The monoisotopic (exact) mass is 838 g/mol. The minimum Gasteiger partial charge on any atom is -0.465 e. The van der Waals surface area contributed by atoms with Gasteiger partial charge in [-0.3, -0.25) is 19.2 Å². The first kappa shape index (κ1) is 56.8. The number of hydrogen-bond donors (Lipinski definition) is 0. The first-order valence-corrected chi connectivity index (χ1v) is 25.1. The number of likely N-dealkylation sites (N-methyl/N-ethyl adjacent to an activating group) is 1. The standard InChI is InChI=1S/C50H95NO8/c1-7-12-16-20-22-28-36-44(34-26-18-14-9-3)49(54)56-40-32-24-30-38-47(52)58-43-46(42-51(6)11-5)59-48(53)39-31-25-33-41-57-50(55)45(35-27-19-15-10-4)37-29-23-21-17-13-8-2/h44-46H,7-43H2,1-6H3. The lowest BCUT2D eigenvalue weighted by Crippen LogP contribution is -2.36. The van der Waals surface area contributed by atoms with Crippen molar-refractivity contribution in [3.8, 4) is 0 Å². The summed E-state index contributed by atoms with van der Waals surface area (Å²) in [5, 5.41) is 0. The van der Waals surface area contributed by atoms with Gasteiger partial charge in [0, 0.05) is 19.4 Å². The Labute approximate surface area is 363 Å². The zero-order valence-corrected chi connectivity index (χ0v) is 39.6. The summed E-state index contributed by atoms with van der Waals surface area (Å²) in [6, 6.07) is 0. The van der Waals surface area contributed by atoms with Crippen molar-refractivity contribution >= 4 is 23.9 Å². The maximum Gasteiger partial charge on any atom is 0.308 e. The Hall–Kier alpha value is -2.16. The van der Waals surface area contributed by atoms with Crippen LogP contribution in [0, 0.1) is 11.8 Å². The zero-order valence-electron chi connectivity index (χ0n) is 39.6. The fourth-order valence-corrected chi connectivity index (χ4v) is 7.52. The van der Waals surface area contributed by atoms with Crippen molar-refractivity contribution < 1.29 is 38.1 Å². The van der Waals surface area contributed by atoms with E-state index >= 15 is 0 Å². The summed E-state index contributed by atoms with van der Waals surface area (Å²) in [5.74, 6) is -0.715. The van der Waals surface area contributed by atoms with Gasteiger partial charge >= 0.3 is 23.9 Å². The SMILES string of the molecule is CCCCCCCCC(CCCCCC)C(=O)OCCCCCC(=O)OCC(CN(C)CC)OC(=O)CCCCCOC(=O)C(CCCCCC)CCCCCCCC. The molecule has 348 valence electrons. The van der Waals surface area contributed by atoms with Gasteiger partial charge in [-0.25, -0.2) is 0 Å². The van der Waals surface area contributed by atoms with Crippen molar-refractivity contribution in [3.63, 3.8) is 0 Å². The molecule has 0 radical (unpaired) electrons. The molecule has 0 saturated carbocycles. The maximum absolute atomic E-state index is 12.9. The Bertz CT molecular complexity index is 990. The second kappa shape index (κ2) is 42.5. The van der Waals surface area contributed by atoms with Crippen molar-refractivity contribution in [1.82, 2.24) is 4.90 Å². The topological polar surface area (TPSA) is 108 Å². The number of unbranched alkanes of at least 4 members (excludes halogenated alkanes) is 20. The number of rotatable bonds is 44. The van der Waals surface area contributed by atoms with Crippen LogP contribution < -0.4 is 0 Å². The summed E-state index contributed by atoms with van der Waals surface area (Å²) in [5.41, 5.74) is 0. The summed E-state index contributed by atoms with van der Waals surface area (Å²) in [6.45, 7) is 13.0. The van der Waals surface area contributed by atoms with Gasteiger partial charge in [0.05, 0.1) is 25.0 Å². The van der Waals surface area contributed by atoms with Gasteiger partial charge in [0.1, 0.15) is 12.7 Å². The Morgan fingerprint density at radius 3 is 1.19 bits per heavy atom. The van der Waals surface area contributed by atoms with Crippen molar-refractivity contribution in [1.29, 1.82) is 0 Å². The van der Waals surface area contributed by atoms with Crippen molar-refractivity contribution in [2.24, 2.45) is 11.8 Å². The highest BCUT2D eigenvalue weighted by Gasteiger charge is 2.22. The van der Waals surface area contributed by atoms with Crippen LogP contribution in [0.3, 0.4) is 0 Å². The molecule has 3 unspecified atom stereocenters. The molecule has 0 bridgehead atoms. The van der Waals surface area contributed by atoms with E-state index in [9.17, 15) is 19.2 Å². The van der Waals surface area contributed by atoms with Gasteiger partial charge in [0.2, 0.25) is 0 Å². The summed E-state index contributed by atoms with van der Waals surface area (Å²) >= 11 is 0. The van der Waals surface area contributed by atoms with E-state index in [-0.39, 0.29) is 55.2 Å². The number of nitrogens with zero attached hydrogens (tertiary/aromatic N) is 1. The van der Waals surface area contributed by atoms with Gasteiger partial charge in [-0.15, -0.1) is 0 Å². The van der Waals surface area contributed by atoms with Crippen molar-refractivity contribution in [2.45, 2.75) is 246 Å². The van der Waals surface area contributed by atoms with Crippen LogP contribution >= 0.6 is 0 Å². The lowest BCUT2D eigenvalue weighted by atomic mass is 9.94. The Morgan fingerprint density at radius 2 is 0.780 bits per heavy atom. The van der Waals surface area contributed by atoms with E-state index in [1.165, 1.54) is 103 Å². The van der Waals surface area contributed by atoms with Crippen LogP contribution in [0.15, 0.2) is 0 Å². The molecule has 3 atom stereocenters. The number of esters is 4. The summed E-state index contributed by atoms with van der Waals surface area (Å²) in [4.78, 5) is 53.3. The minimum absolute atomic E-state index is 0.000526. The first-order chi connectivity index (χ1) is 28.7. The van der Waals surface area contributed by atoms with Gasteiger partial charge in [-0.2, -0.15) is 0 Å². The third-order valence-corrected chi connectivity index (χ3v) is 11.6. The molecular weight excluding hydrogens is 743 g/mol. The molecule has 0 rings (SSSR count). The molecule has 9 nitrogen and oxygen atoms in total. The number of carbonyl (C=O) groups is 4. The highest BCUT2D eigenvalue weighted by molar-refractivity contribution is 5.73. The number of carbonyl (C=O) groups excluding carboxylic acids is 4. The average Bonchev–Trinajstić information content (AvgIpc) is 3.23. The third-order valence-electron chi connectivity index (χ3n) is 11.6. The molecule has 0 spiro atoms. The van der Waals surface area contributed by atoms with Crippen LogP contribution in [0.5, 0.6) is 0 Å². The van der Waals surface area contributed by atoms with E-state index in [2.05, 4.69) is 27.7 Å². The van der Waals surface area contributed by atoms with Crippen LogP contribution in [0.4, 0.5) is 0 Å².